The van der Waals surface area contributed by atoms with E-state index in [0.717, 1.165) is 12.1 Å². The van der Waals surface area contributed by atoms with E-state index in [1.807, 2.05) is 0 Å². The maximum atomic E-state index is 11.9. The third-order valence-corrected chi connectivity index (χ3v) is 5.05. The van der Waals surface area contributed by atoms with E-state index in [1.54, 1.807) is 10.9 Å². The molecule has 1 aromatic carbocycles. The minimum absolute atomic E-state index is 0.113. The summed E-state index contributed by atoms with van der Waals surface area (Å²) in [5, 5.41) is 4.67. The van der Waals surface area contributed by atoms with Crippen LogP contribution in [0.5, 0.6) is 0 Å². The van der Waals surface area contributed by atoms with Gasteiger partial charge in [-0.1, -0.05) is 30.7 Å². The molecule has 1 unspecified atom stereocenters. The zero-order valence-electron chi connectivity index (χ0n) is 13.5. The van der Waals surface area contributed by atoms with Gasteiger partial charge in [0.05, 0.1) is 5.51 Å². The average Bonchev–Trinajstić information content (AvgIpc) is 3.11. The van der Waals surface area contributed by atoms with Crippen molar-refractivity contribution in [3.05, 3.63) is 52.0 Å². The van der Waals surface area contributed by atoms with E-state index in [0.29, 0.717) is 18.3 Å². The summed E-state index contributed by atoms with van der Waals surface area (Å²) in [6, 6.07) is 9.23. The number of thiazole rings is 1. The Morgan fingerprint density at radius 2 is 2.09 bits per heavy atom. The lowest BCUT2D eigenvalue weighted by Gasteiger charge is -2.33. The van der Waals surface area contributed by atoms with Crippen molar-refractivity contribution >= 4 is 17.2 Å². The number of piperidine rings is 1. The minimum atomic E-state index is -0.113. The van der Waals surface area contributed by atoms with Crippen LogP contribution < -0.4 is 5.32 Å². The van der Waals surface area contributed by atoms with Crippen molar-refractivity contribution in [1.29, 1.82) is 0 Å². The van der Waals surface area contributed by atoms with Gasteiger partial charge in [0.2, 0.25) is 0 Å². The normalized spacial score (nSPS) is 18.7. The summed E-state index contributed by atoms with van der Waals surface area (Å²) in [6.07, 6.45) is 3.97. The van der Waals surface area contributed by atoms with Crippen LogP contribution in [0.25, 0.3) is 0 Å². The Balaban J connectivity index is 1.51. The van der Waals surface area contributed by atoms with Crippen molar-refractivity contribution < 1.29 is 4.79 Å². The Hall–Kier alpha value is -1.72. The number of likely N-dealkylation sites (tertiary alicyclic amines) is 1. The summed E-state index contributed by atoms with van der Waals surface area (Å²) in [7, 11) is 0. The molecule has 2 heterocycles. The minimum Gasteiger partial charge on any atom is -0.347 e. The number of nitrogens with one attached hydrogen (secondary N) is 1. The Bertz CT molecular complexity index is 624. The molecule has 0 aliphatic carbocycles. The predicted molar refractivity (Wildman–Crippen MR) is 93.4 cm³/mol. The van der Waals surface area contributed by atoms with Crippen LogP contribution in [0.15, 0.2) is 35.2 Å². The van der Waals surface area contributed by atoms with Gasteiger partial charge in [0.1, 0.15) is 5.69 Å². The van der Waals surface area contributed by atoms with E-state index < -0.39 is 0 Å². The van der Waals surface area contributed by atoms with Crippen molar-refractivity contribution in [3.8, 4) is 0 Å². The first-order valence-corrected chi connectivity index (χ1v) is 9.15. The Labute approximate surface area is 141 Å². The first-order valence-electron chi connectivity index (χ1n) is 8.20. The summed E-state index contributed by atoms with van der Waals surface area (Å²) >= 11 is 1.43. The molecular formula is C18H23N3OS. The van der Waals surface area contributed by atoms with Gasteiger partial charge in [0.25, 0.3) is 5.91 Å². The highest BCUT2D eigenvalue weighted by molar-refractivity contribution is 7.07. The van der Waals surface area contributed by atoms with E-state index in [4.69, 9.17) is 0 Å². The monoisotopic (exact) mass is 329 g/mol. The second-order valence-corrected chi connectivity index (χ2v) is 6.91. The van der Waals surface area contributed by atoms with Gasteiger partial charge in [-0.05, 0) is 37.4 Å². The summed E-state index contributed by atoms with van der Waals surface area (Å²) in [4.78, 5) is 18.4. The number of amides is 1. The summed E-state index contributed by atoms with van der Waals surface area (Å²) in [5.74, 6) is -0.113. The zero-order chi connectivity index (χ0) is 16.1. The summed E-state index contributed by atoms with van der Waals surface area (Å²) < 4.78 is 0. The van der Waals surface area contributed by atoms with E-state index in [2.05, 4.69) is 46.4 Å². The third kappa shape index (κ3) is 4.39. The molecule has 122 valence electrons. The number of carbonyl (C=O) groups is 1. The lowest BCUT2D eigenvalue weighted by atomic mass is 10.0. The smallest absolute Gasteiger partial charge is 0.271 e. The van der Waals surface area contributed by atoms with Gasteiger partial charge in [-0.15, -0.1) is 11.3 Å². The fourth-order valence-corrected chi connectivity index (χ4v) is 3.52. The van der Waals surface area contributed by atoms with Crippen LogP contribution >= 0.6 is 11.3 Å². The molecule has 0 spiro atoms. The highest BCUT2D eigenvalue weighted by Gasteiger charge is 2.17. The van der Waals surface area contributed by atoms with Gasteiger partial charge < -0.3 is 5.32 Å². The second kappa shape index (κ2) is 7.70. The van der Waals surface area contributed by atoms with Crippen LogP contribution in [0.1, 0.15) is 47.8 Å². The Morgan fingerprint density at radius 1 is 1.30 bits per heavy atom. The predicted octanol–water partition coefficient (Wildman–Crippen LogP) is 3.45. The maximum absolute atomic E-state index is 11.9. The van der Waals surface area contributed by atoms with Gasteiger partial charge in [-0.3, -0.25) is 9.69 Å². The number of nitrogens with zero attached hydrogens (tertiary/aromatic N) is 2. The lowest BCUT2D eigenvalue weighted by Crippen LogP contribution is -2.36. The van der Waals surface area contributed by atoms with Crippen LogP contribution in [-0.4, -0.2) is 28.4 Å². The molecular weight excluding hydrogens is 306 g/mol. The number of hydrogen-bond acceptors (Lipinski definition) is 4. The van der Waals surface area contributed by atoms with Crippen LogP contribution in [0, 0.1) is 0 Å². The molecule has 5 heteroatoms. The standard InChI is InChI=1S/C18H23N3OS/c1-14-4-2-3-9-21(14)11-16-7-5-15(6-8-16)10-19-18(22)17-12-23-13-20-17/h5-8,12-14H,2-4,9-11H2,1H3,(H,19,22). The highest BCUT2D eigenvalue weighted by Crippen LogP contribution is 2.19. The maximum Gasteiger partial charge on any atom is 0.271 e. The number of hydrogen-bond donors (Lipinski definition) is 1. The molecule has 0 radical (unpaired) electrons. The largest absolute Gasteiger partial charge is 0.347 e. The molecule has 1 saturated heterocycles. The highest BCUT2D eigenvalue weighted by atomic mass is 32.1. The molecule has 1 fully saturated rings. The molecule has 1 atom stereocenters. The molecule has 1 N–H and O–H groups in total. The SMILES string of the molecule is CC1CCCCN1Cc1ccc(CNC(=O)c2cscn2)cc1. The fourth-order valence-electron chi connectivity index (χ4n) is 2.99. The van der Waals surface area contributed by atoms with Crippen molar-refractivity contribution in [2.45, 2.75) is 45.3 Å². The number of benzene rings is 1. The van der Waals surface area contributed by atoms with Crippen LogP contribution in [0.4, 0.5) is 0 Å². The van der Waals surface area contributed by atoms with Crippen molar-refractivity contribution in [3.63, 3.8) is 0 Å². The molecule has 23 heavy (non-hydrogen) atoms. The Morgan fingerprint density at radius 3 is 2.78 bits per heavy atom. The topological polar surface area (TPSA) is 45.2 Å². The van der Waals surface area contributed by atoms with E-state index in [-0.39, 0.29) is 5.91 Å². The quantitative estimate of drug-likeness (QED) is 0.914. The van der Waals surface area contributed by atoms with Gasteiger partial charge in [0, 0.05) is 24.5 Å². The van der Waals surface area contributed by atoms with Crippen LogP contribution in [-0.2, 0) is 13.1 Å². The molecule has 3 rings (SSSR count). The third-order valence-electron chi connectivity index (χ3n) is 4.47. The van der Waals surface area contributed by atoms with Crippen molar-refractivity contribution in [2.24, 2.45) is 0 Å². The number of aromatic nitrogens is 1. The van der Waals surface area contributed by atoms with E-state index in [9.17, 15) is 4.79 Å². The number of carbonyl (C=O) groups excluding carboxylic acids is 1. The van der Waals surface area contributed by atoms with E-state index in [1.165, 1.54) is 42.7 Å². The van der Waals surface area contributed by atoms with E-state index >= 15 is 0 Å². The van der Waals surface area contributed by atoms with Crippen LogP contribution in [0.2, 0.25) is 0 Å². The molecule has 1 aliphatic heterocycles. The Kier molecular flexibility index (Phi) is 5.41. The molecule has 4 nitrogen and oxygen atoms in total. The molecule has 1 aliphatic rings. The molecule has 0 saturated carbocycles. The average molecular weight is 329 g/mol. The van der Waals surface area contributed by atoms with Gasteiger partial charge in [-0.25, -0.2) is 4.98 Å². The van der Waals surface area contributed by atoms with Gasteiger partial charge in [0.15, 0.2) is 0 Å². The molecule has 2 aromatic rings. The van der Waals surface area contributed by atoms with Gasteiger partial charge in [-0.2, -0.15) is 0 Å². The fraction of sp³-hybridized carbons (Fsp3) is 0.444. The second-order valence-electron chi connectivity index (χ2n) is 6.19. The number of rotatable bonds is 5. The van der Waals surface area contributed by atoms with Crippen LogP contribution in [0.3, 0.4) is 0 Å². The summed E-state index contributed by atoms with van der Waals surface area (Å²) in [6.45, 7) is 5.08. The molecule has 1 aromatic heterocycles. The lowest BCUT2D eigenvalue weighted by molar-refractivity contribution is 0.0946. The van der Waals surface area contributed by atoms with Crippen molar-refractivity contribution in [1.82, 2.24) is 15.2 Å². The molecule has 0 bridgehead atoms. The van der Waals surface area contributed by atoms with Crippen molar-refractivity contribution in [2.75, 3.05) is 6.54 Å². The first-order chi connectivity index (χ1) is 11.2. The zero-order valence-corrected chi connectivity index (χ0v) is 14.3. The summed E-state index contributed by atoms with van der Waals surface area (Å²) in [5.41, 5.74) is 4.62. The molecule has 1 amide bonds. The van der Waals surface area contributed by atoms with Gasteiger partial charge >= 0.3 is 0 Å². The first kappa shape index (κ1) is 16.1.